The highest BCUT2D eigenvalue weighted by atomic mass is 16.5. The Labute approximate surface area is 170 Å². The van der Waals surface area contributed by atoms with Crippen LogP contribution < -0.4 is 20.5 Å². The van der Waals surface area contributed by atoms with Gasteiger partial charge in [0.1, 0.15) is 6.61 Å². The Morgan fingerprint density at radius 3 is 2.45 bits per heavy atom. The van der Waals surface area contributed by atoms with Gasteiger partial charge in [0.05, 0.1) is 24.8 Å². The average molecular weight is 399 g/mol. The lowest BCUT2D eigenvalue weighted by Gasteiger charge is -2.16. The number of rotatable bonds is 9. The second-order valence-electron chi connectivity index (χ2n) is 7.17. The van der Waals surface area contributed by atoms with Gasteiger partial charge in [0.15, 0.2) is 11.5 Å². The maximum absolute atomic E-state index is 12.1. The largest absolute Gasteiger partial charge is 0.493 e. The molecule has 0 bridgehead atoms. The monoisotopic (exact) mass is 399 g/mol. The van der Waals surface area contributed by atoms with E-state index < -0.39 is 0 Å². The quantitative estimate of drug-likeness (QED) is 0.577. The smallest absolute Gasteiger partial charge is 0.328 e. The van der Waals surface area contributed by atoms with Crippen LogP contribution in [0.5, 0.6) is 11.5 Å². The van der Waals surface area contributed by atoms with Crippen LogP contribution in [0.3, 0.4) is 0 Å². The summed E-state index contributed by atoms with van der Waals surface area (Å²) < 4.78 is 14.7. The number of ether oxygens (including phenoxy) is 2. The number of hydrogen-bond donors (Lipinski definition) is 2. The van der Waals surface area contributed by atoms with Crippen molar-refractivity contribution in [2.24, 2.45) is 14.1 Å². The number of aliphatic hydroxyl groups is 1. The van der Waals surface area contributed by atoms with E-state index in [1.54, 1.807) is 30.3 Å². The summed E-state index contributed by atoms with van der Waals surface area (Å²) in [5, 5.41) is 12.6. The van der Waals surface area contributed by atoms with Crippen molar-refractivity contribution in [1.29, 1.82) is 0 Å². The van der Waals surface area contributed by atoms with Crippen molar-refractivity contribution in [3.63, 3.8) is 0 Å². The van der Waals surface area contributed by atoms with Gasteiger partial charge in [-0.15, -0.1) is 0 Å². The minimum atomic E-state index is -0.0459. The number of aryl methyl sites for hydroxylation is 2. The van der Waals surface area contributed by atoms with E-state index in [4.69, 9.17) is 9.47 Å². The van der Waals surface area contributed by atoms with E-state index >= 15 is 0 Å². The Balaban J connectivity index is 1.72. The number of benzene rings is 2. The number of fused-ring (bicyclic) bond motifs is 1. The molecule has 2 N–H and O–H groups in total. The zero-order valence-corrected chi connectivity index (χ0v) is 17.4. The summed E-state index contributed by atoms with van der Waals surface area (Å²) in [6.07, 6.45) is 0.867. The van der Waals surface area contributed by atoms with Gasteiger partial charge < -0.3 is 19.9 Å². The molecule has 2 aromatic carbocycles. The zero-order chi connectivity index (χ0) is 21.0. The molecule has 0 radical (unpaired) electrons. The summed E-state index contributed by atoms with van der Waals surface area (Å²) >= 11 is 0. The van der Waals surface area contributed by atoms with Gasteiger partial charge in [0, 0.05) is 26.7 Å². The highest BCUT2D eigenvalue weighted by Gasteiger charge is 2.11. The maximum Gasteiger partial charge on any atom is 0.328 e. The molecule has 0 saturated heterocycles. The van der Waals surface area contributed by atoms with E-state index in [1.807, 2.05) is 43.3 Å². The Kier molecular flexibility index (Phi) is 6.61. The molecule has 7 heteroatoms. The number of aliphatic hydroxyl groups excluding tert-OH is 1. The van der Waals surface area contributed by atoms with E-state index in [1.165, 1.54) is 0 Å². The molecule has 7 nitrogen and oxygen atoms in total. The fraction of sp³-hybridized carbons (Fsp3) is 0.409. The van der Waals surface area contributed by atoms with E-state index in [-0.39, 0.29) is 18.3 Å². The van der Waals surface area contributed by atoms with Crippen molar-refractivity contribution in [2.45, 2.75) is 32.5 Å². The van der Waals surface area contributed by atoms with Gasteiger partial charge >= 0.3 is 5.69 Å². The molecule has 0 aliphatic carbocycles. The Hall–Kier alpha value is -2.77. The summed E-state index contributed by atoms with van der Waals surface area (Å²) in [6.45, 7) is 3.17. The van der Waals surface area contributed by atoms with Crippen molar-refractivity contribution in [3.05, 3.63) is 58.0 Å². The van der Waals surface area contributed by atoms with Crippen LogP contribution in [-0.2, 0) is 27.2 Å². The standard InChI is InChI=1S/C22H29N3O4/c1-5-17(13-26)23-12-15-7-9-20(21(11-15)28-4)29-14-16-6-8-18-19(10-16)25(3)22(27)24(18)2/h6-11,17,23,26H,5,12-14H2,1-4H3. The first kappa shape index (κ1) is 21.0. The summed E-state index contributed by atoms with van der Waals surface area (Å²) in [5.41, 5.74) is 3.75. The summed E-state index contributed by atoms with van der Waals surface area (Å²) in [4.78, 5) is 12.1. The molecule has 3 aromatic rings. The van der Waals surface area contributed by atoms with Crippen LogP contribution in [0.2, 0.25) is 0 Å². The molecular formula is C22H29N3O4. The SMILES string of the molecule is CCC(CO)NCc1ccc(OCc2ccc3c(c2)n(C)c(=O)n3C)c(OC)c1. The first-order chi connectivity index (χ1) is 14.0. The highest BCUT2D eigenvalue weighted by molar-refractivity contribution is 5.76. The Bertz CT molecular complexity index is 1030. The van der Waals surface area contributed by atoms with Crippen molar-refractivity contribution < 1.29 is 14.6 Å². The van der Waals surface area contributed by atoms with Gasteiger partial charge in [-0.2, -0.15) is 0 Å². The normalized spacial score (nSPS) is 12.3. The number of methoxy groups -OCH3 is 1. The average Bonchev–Trinajstić information content (AvgIpc) is 2.97. The van der Waals surface area contributed by atoms with Crippen molar-refractivity contribution in [1.82, 2.24) is 14.5 Å². The van der Waals surface area contributed by atoms with E-state index in [9.17, 15) is 9.90 Å². The number of hydrogen-bond acceptors (Lipinski definition) is 5. The third kappa shape index (κ3) is 4.46. The van der Waals surface area contributed by atoms with Gasteiger partial charge in [-0.3, -0.25) is 9.13 Å². The molecule has 1 atom stereocenters. The molecule has 1 heterocycles. The summed E-state index contributed by atoms with van der Waals surface area (Å²) in [5.74, 6) is 1.32. The predicted molar refractivity (Wildman–Crippen MR) is 113 cm³/mol. The number of nitrogens with one attached hydrogen (secondary N) is 1. The molecule has 0 aliphatic heterocycles. The molecule has 156 valence electrons. The van der Waals surface area contributed by atoms with Crippen LogP contribution in [-0.4, -0.2) is 34.0 Å². The second kappa shape index (κ2) is 9.15. The molecule has 0 aliphatic rings. The number of aromatic nitrogens is 2. The third-order valence-corrected chi connectivity index (χ3v) is 5.27. The Morgan fingerprint density at radius 1 is 1.03 bits per heavy atom. The highest BCUT2D eigenvalue weighted by Crippen LogP contribution is 2.29. The van der Waals surface area contributed by atoms with Crippen LogP contribution in [0, 0.1) is 0 Å². The van der Waals surface area contributed by atoms with Crippen molar-refractivity contribution in [2.75, 3.05) is 13.7 Å². The van der Waals surface area contributed by atoms with Gasteiger partial charge in [0.2, 0.25) is 0 Å². The van der Waals surface area contributed by atoms with Gasteiger partial charge in [-0.05, 0) is 41.8 Å². The molecule has 1 unspecified atom stereocenters. The summed E-state index contributed by atoms with van der Waals surface area (Å²) in [6, 6.07) is 11.8. The van der Waals surface area contributed by atoms with E-state index in [0.29, 0.717) is 24.7 Å². The van der Waals surface area contributed by atoms with Crippen LogP contribution in [0.1, 0.15) is 24.5 Å². The van der Waals surface area contributed by atoms with E-state index in [0.717, 1.165) is 28.6 Å². The van der Waals surface area contributed by atoms with Gasteiger partial charge in [-0.1, -0.05) is 19.1 Å². The third-order valence-electron chi connectivity index (χ3n) is 5.27. The van der Waals surface area contributed by atoms with Crippen LogP contribution in [0.4, 0.5) is 0 Å². The number of imidazole rings is 1. The first-order valence-electron chi connectivity index (χ1n) is 9.76. The fourth-order valence-corrected chi connectivity index (χ4v) is 3.34. The Morgan fingerprint density at radius 2 is 1.76 bits per heavy atom. The molecule has 0 fully saturated rings. The molecule has 0 amide bonds. The zero-order valence-electron chi connectivity index (χ0n) is 17.4. The van der Waals surface area contributed by atoms with Crippen LogP contribution >= 0.6 is 0 Å². The van der Waals surface area contributed by atoms with Crippen LogP contribution in [0.15, 0.2) is 41.2 Å². The van der Waals surface area contributed by atoms with E-state index in [2.05, 4.69) is 5.32 Å². The first-order valence-corrected chi connectivity index (χ1v) is 9.76. The minimum absolute atomic E-state index is 0.0459. The second-order valence-corrected chi connectivity index (χ2v) is 7.17. The van der Waals surface area contributed by atoms with Crippen LogP contribution in [0.25, 0.3) is 11.0 Å². The molecule has 0 spiro atoms. The molecule has 29 heavy (non-hydrogen) atoms. The van der Waals surface area contributed by atoms with Gasteiger partial charge in [0.25, 0.3) is 0 Å². The summed E-state index contributed by atoms with van der Waals surface area (Å²) in [7, 11) is 5.16. The molecule has 0 saturated carbocycles. The predicted octanol–water partition coefficient (Wildman–Crippen LogP) is 2.33. The van der Waals surface area contributed by atoms with Gasteiger partial charge in [-0.25, -0.2) is 4.79 Å². The molecular weight excluding hydrogens is 370 g/mol. The topological polar surface area (TPSA) is 77.6 Å². The van der Waals surface area contributed by atoms with Crippen molar-refractivity contribution >= 4 is 11.0 Å². The lowest BCUT2D eigenvalue weighted by atomic mass is 10.1. The molecule has 3 rings (SSSR count). The number of nitrogens with zero attached hydrogens (tertiary/aromatic N) is 2. The lowest BCUT2D eigenvalue weighted by Crippen LogP contribution is -2.31. The lowest BCUT2D eigenvalue weighted by molar-refractivity contribution is 0.238. The molecule has 1 aromatic heterocycles. The maximum atomic E-state index is 12.1. The minimum Gasteiger partial charge on any atom is -0.493 e. The van der Waals surface area contributed by atoms with Crippen molar-refractivity contribution in [3.8, 4) is 11.5 Å². The fourth-order valence-electron chi connectivity index (χ4n) is 3.34.